The number of carbonyl (C=O) groups is 1. The Kier molecular flexibility index (Phi) is 5.57. The number of rotatable bonds is 5. The number of ether oxygens (including phenoxy) is 1. The van der Waals surface area contributed by atoms with Crippen molar-refractivity contribution in [2.24, 2.45) is 5.73 Å². The highest BCUT2D eigenvalue weighted by molar-refractivity contribution is 5.86. The van der Waals surface area contributed by atoms with Gasteiger partial charge in [0.1, 0.15) is 0 Å². The van der Waals surface area contributed by atoms with E-state index >= 15 is 0 Å². The summed E-state index contributed by atoms with van der Waals surface area (Å²) in [7, 11) is 1.35. The lowest BCUT2D eigenvalue weighted by atomic mass is 9.90. The SMILES string of the molecule is CN(CCNC(=O)C1(N)CCOCC1)CC(F)(F)F. The molecule has 1 rings (SSSR count). The Balaban J connectivity index is 2.27. The quantitative estimate of drug-likeness (QED) is 0.751. The molecule has 1 aliphatic heterocycles. The van der Waals surface area contributed by atoms with Crippen molar-refractivity contribution in [1.82, 2.24) is 10.2 Å². The van der Waals surface area contributed by atoms with Gasteiger partial charge in [0.2, 0.25) is 5.91 Å². The van der Waals surface area contributed by atoms with Gasteiger partial charge >= 0.3 is 6.18 Å². The second kappa shape index (κ2) is 6.53. The van der Waals surface area contributed by atoms with E-state index in [9.17, 15) is 18.0 Å². The highest BCUT2D eigenvalue weighted by atomic mass is 19.4. The van der Waals surface area contributed by atoms with Crippen LogP contribution in [0.4, 0.5) is 13.2 Å². The topological polar surface area (TPSA) is 67.6 Å². The lowest BCUT2D eigenvalue weighted by Crippen LogP contribution is -2.57. The highest BCUT2D eigenvalue weighted by Gasteiger charge is 2.35. The largest absolute Gasteiger partial charge is 0.401 e. The molecule has 0 unspecified atom stereocenters. The summed E-state index contributed by atoms with van der Waals surface area (Å²) < 4.78 is 41.4. The molecule has 5 nitrogen and oxygen atoms in total. The average Bonchev–Trinajstić information content (AvgIpc) is 2.27. The molecule has 1 heterocycles. The van der Waals surface area contributed by atoms with Gasteiger partial charge in [-0.2, -0.15) is 13.2 Å². The Labute approximate surface area is 110 Å². The number of carbonyl (C=O) groups excluding carboxylic acids is 1. The maximum Gasteiger partial charge on any atom is 0.401 e. The summed E-state index contributed by atoms with van der Waals surface area (Å²) in [5.74, 6) is -0.323. The van der Waals surface area contributed by atoms with Crippen LogP contribution in [0.5, 0.6) is 0 Å². The van der Waals surface area contributed by atoms with Crippen LogP contribution < -0.4 is 11.1 Å². The van der Waals surface area contributed by atoms with Gasteiger partial charge in [0, 0.05) is 26.3 Å². The summed E-state index contributed by atoms with van der Waals surface area (Å²) in [6, 6.07) is 0. The molecule has 0 aliphatic carbocycles. The summed E-state index contributed by atoms with van der Waals surface area (Å²) in [5, 5.41) is 2.58. The molecule has 0 spiro atoms. The maximum atomic E-state index is 12.1. The Morgan fingerprint density at radius 1 is 1.42 bits per heavy atom. The zero-order valence-corrected chi connectivity index (χ0v) is 10.9. The van der Waals surface area contributed by atoms with Crippen LogP contribution in [0, 0.1) is 0 Å². The number of amides is 1. The number of hydrogen-bond acceptors (Lipinski definition) is 4. The summed E-state index contributed by atoms with van der Waals surface area (Å²) in [5.41, 5.74) is 4.98. The van der Waals surface area contributed by atoms with Crippen molar-refractivity contribution >= 4 is 5.91 Å². The van der Waals surface area contributed by atoms with Gasteiger partial charge in [0.15, 0.2) is 0 Å². The molecule has 1 fully saturated rings. The lowest BCUT2D eigenvalue weighted by Gasteiger charge is -2.32. The Morgan fingerprint density at radius 3 is 2.53 bits per heavy atom. The first-order valence-electron chi connectivity index (χ1n) is 6.13. The van der Waals surface area contributed by atoms with E-state index in [1.54, 1.807) is 0 Å². The maximum absolute atomic E-state index is 12.1. The molecule has 1 aliphatic rings. The zero-order valence-electron chi connectivity index (χ0n) is 10.9. The van der Waals surface area contributed by atoms with Crippen LogP contribution in [0.25, 0.3) is 0 Å². The van der Waals surface area contributed by atoms with E-state index in [-0.39, 0.29) is 19.0 Å². The first kappa shape index (κ1) is 16.2. The molecule has 0 aromatic carbocycles. The van der Waals surface area contributed by atoms with E-state index in [0.717, 1.165) is 4.90 Å². The third-order valence-electron chi connectivity index (χ3n) is 3.07. The van der Waals surface area contributed by atoms with E-state index in [0.29, 0.717) is 26.1 Å². The fourth-order valence-electron chi connectivity index (χ4n) is 1.88. The van der Waals surface area contributed by atoms with Crippen molar-refractivity contribution in [3.05, 3.63) is 0 Å². The molecule has 0 aromatic heterocycles. The van der Waals surface area contributed by atoms with E-state index in [1.807, 2.05) is 0 Å². The van der Waals surface area contributed by atoms with Crippen LogP contribution in [-0.2, 0) is 9.53 Å². The first-order chi connectivity index (χ1) is 8.73. The summed E-state index contributed by atoms with van der Waals surface area (Å²) in [6.45, 7) is 0.128. The molecule has 1 saturated heterocycles. The fourth-order valence-corrected chi connectivity index (χ4v) is 1.88. The second-order valence-corrected chi connectivity index (χ2v) is 4.88. The summed E-state index contributed by atoms with van der Waals surface area (Å²) in [6.07, 6.45) is -3.37. The average molecular weight is 283 g/mol. The van der Waals surface area contributed by atoms with Gasteiger partial charge in [-0.05, 0) is 19.9 Å². The van der Waals surface area contributed by atoms with Crippen molar-refractivity contribution in [2.45, 2.75) is 24.6 Å². The number of nitrogens with one attached hydrogen (secondary N) is 1. The Hall–Kier alpha value is -0.860. The van der Waals surface area contributed by atoms with E-state index < -0.39 is 18.3 Å². The minimum absolute atomic E-state index is 0.123. The minimum atomic E-state index is -4.23. The van der Waals surface area contributed by atoms with Crippen LogP contribution in [-0.4, -0.2) is 62.4 Å². The van der Waals surface area contributed by atoms with Crippen molar-refractivity contribution in [2.75, 3.05) is 39.9 Å². The first-order valence-corrected chi connectivity index (χ1v) is 6.13. The molecule has 0 aromatic rings. The van der Waals surface area contributed by atoms with Gasteiger partial charge < -0.3 is 15.8 Å². The molecular weight excluding hydrogens is 263 g/mol. The number of likely N-dealkylation sites (N-methyl/N-ethyl adjacent to an activating group) is 1. The number of hydrogen-bond donors (Lipinski definition) is 2. The normalized spacial score (nSPS) is 19.5. The highest BCUT2D eigenvalue weighted by Crippen LogP contribution is 2.17. The van der Waals surface area contributed by atoms with Gasteiger partial charge in [-0.25, -0.2) is 0 Å². The van der Waals surface area contributed by atoms with Crippen LogP contribution in [0.3, 0.4) is 0 Å². The fraction of sp³-hybridized carbons (Fsp3) is 0.909. The molecule has 0 saturated carbocycles. The van der Waals surface area contributed by atoms with Crippen LogP contribution >= 0.6 is 0 Å². The molecule has 0 bridgehead atoms. The molecule has 0 atom stereocenters. The van der Waals surface area contributed by atoms with Crippen LogP contribution in [0.15, 0.2) is 0 Å². The van der Waals surface area contributed by atoms with Gasteiger partial charge in [-0.1, -0.05) is 0 Å². The molecule has 112 valence electrons. The predicted octanol–water partition coefficient (Wildman–Crippen LogP) is 0.105. The Bertz CT molecular complexity index is 304. The predicted molar refractivity (Wildman–Crippen MR) is 63.5 cm³/mol. The molecule has 8 heteroatoms. The van der Waals surface area contributed by atoms with Gasteiger partial charge in [-0.15, -0.1) is 0 Å². The minimum Gasteiger partial charge on any atom is -0.381 e. The summed E-state index contributed by atoms with van der Waals surface area (Å²) >= 11 is 0. The molecule has 1 amide bonds. The molecule has 0 radical (unpaired) electrons. The van der Waals surface area contributed by atoms with E-state index in [4.69, 9.17) is 10.5 Å². The number of nitrogens with zero attached hydrogens (tertiary/aromatic N) is 1. The van der Waals surface area contributed by atoms with Crippen molar-refractivity contribution < 1.29 is 22.7 Å². The van der Waals surface area contributed by atoms with Gasteiger partial charge in [-0.3, -0.25) is 9.69 Å². The van der Waals surface area contributed by atoms with Gasteiger partial charge in [0.05, 0.1) is 12.1 Å². The van der Waals surface area contributed by atoms with Crippen molar-refractivity contribution in [3.63, 3.8) is 0 Å². The number of nitrogens with two attached hydrogens (primary N) is 1. The number of alkyl halides is 3. The van der Waals surface area contributed by atoms with Crippen LogP contribution in [0.1, 0.15) is 12.8 Å². The van der Waals surface area contributed by atoms with Crippen LogP contribution in [0.2, 0.25) is 0 Å². The molecule has 3 N–H and O–H groups in total. The standard InChI is InChI=1S/C11H20F3N3O2/c1-17(8-11(12,13)14)5-4-16-9(18)10(15)2-6-19-7-3-10/h2-8,15H2,1H3,(H,16,18). The smallest absolute Gasteiger partial charge is 0.381 e. The second-order valence-electron chi connectivity index (χ2n) is 4.88. The summed E-state index contributed by atoms with van der Waals surface area (Å²) in [4.78, 5) is 13.0. The molecular formula is C11H20F3N3O2. The lowest BCUT2D eigenvalue weighted by molar-refractivity contribution is -0.143. The van der Waals surface area contributed by atoms with Gasteiger partial charge in [0.25, 0.3) is 0 Å². The van der Waals surface area contributed by atoms with Crippen molar-refractivity contribution in [1.29, 1.82) is 0 Å². The zero-order chi connectivity index (χ0) is 14.5. The van der Waals surface area contributed by atoms with E-state index in [1.165, 1.54) is 7.05 Å². The molecule has 19 heavy (non-hydrogen) atoms. The monoisotopic (exact) mass is 283 g/mol. The van der Waals surface area contributed by atoms with Crippen molar-refractivity contribution in [3.8, 4) is 0 Å². The Morgan fingerprint density at radius 2 is 2.00 bits per heavy atom. The third kappa shape index (κ3) is 5.75. The van der Waals surface area contributed by atoms with E-state index in [2.05, 4.69) is 5.32 Å². The number of halogens is 3. The third-order valence-corrected chi connectivity index (χ3v) is 3.07.